The van der Waals surface area contributed by atoms with Crippen molar-refractivity contribution in [2.45, 2.75) is 19.0 Å². The zero-order chi connectivity index (χ0) is 15.1. The van der Waals surface area contributed by atoms with E-state index in [1.54, 1.807) is 0 Å². The van der Waals surface area contributed by atoms with Gasteiger partial charge in [-0.3, -0.25) is 0 Å². The Hall–Kier alpha value is -1.86. The number of halogens is 7. The van der Waals surface area contributed by atoms with E-state index in [0.717, 1.165) is 6.07 Å². The molecular weight excluding hydrogens is 291 g/mol. The third-order valence-corrected chi connectivity index (χ3v) is 2.65. The molecule has 1 aromatic carbocycles. The fourth-order valence-corrected chi connectivity index (χ4v) is 1.75. The minimum Gasteiger partial charge on any atom is -0.247 e. The van der Waals surface area contributed by atoms with Crippen LogP contribution in [0.15, 0.2) is 24.3 Å². The number of alkyl halides is 7. The molecule has 2 aromatic rings. The molecule has 0 aliphatic heterocycles. The predicted octanol–water partition coefficient (Wildman–Crippen LogP) is 5.13. The molecule has 8 heteroatoms. The fourth-order valence-electron chi connectivity index (χ4n) is 1.75. The van der Waals surface area contributed by atoms with Crippen LogP contribution in [0.5, 0.6) is 0 Å². The number of fused-ring (bicyclic) bond motifs is 1. The normalized spacial score (nSPS) is 12.7. The van der Waals surface area contributed by atoms with Crippen LogP contribution in [0.4, 0.5) is 30.7 Å². The molecule has 0 aliphatic carbocycles. The van der Waals surface area contributed by atoms with Crippen molar-refractivity contribution in [3.63, 3.8) is 0 Å². The van der Waals surface area contributed by atoms with Gasteiger partial charge in [0.2, 0.25) is 0 Å². The minimum absolute atomic E-state index is 0.280. The molecule has 0 saturated carbocycles. The lowest BCUT2D eigenvalue weighted by molar-refractivity contribution is -0.137. The summed E-state index contributed by atoms with van der Waals surface area (Å²) in [5.41, 5.74) is -3.41. The smallest absolute Gasteiger partial charge is 0.247 e. The molecule has 108 valence electrons. The van der Waals surface area contributed by atoms with Gasteiger partial charge in [0.15, 0.2) is 0 Å². The molecule has 1 aromatic heterocycles. The van der Waals surface area contributed by atoms with Crippen LogP contribution in [0.3, 0.4) is 0 Å². The average Bonchev–Trinajstić information content (AvgIpc) is 2.35. The molecular formula is C12H6F7N. The first kappa shape index (κ1) is 14.5. The first-order valence-electron chi connectivity index (χ1n) is 5.28. The van der Waals surface area contributed by atoms with Crippen molar-refractivity contribution in [1.82, 2.24) is 4.98 Å². The van der Waals surface area contributed by atoms with Gasteiger partial charge in [-0.25, -0.2) is 22.5 Å². The van der Waals surface area contributed by atoms with E-state index in [2.05, 4.69) is 4.98 Å². The third-order valence-electron chi connectivity index (χ3n) is 2.65. The quantitative estimate of drug-likeness (QED) is 0.700. The van der Waals surface area contributed by atoms with Crippen LogP contribution in [-0.2, 0) is 6.18 Å². The summed E-state index contributed by atoms with van der Waals surface area (Å²) < 4.78 is 88.2. The molecule has 0 unspecified atom stereocenters. The average molecular weight is 297 g/mol. The second-order valence-electron chi connectivity index (χ2n) is 3.97. The van der Waals surface area contributed by atoms with E-state index >= 15 is 0 Å². The maximum absolute atomic E-state index is 12.8. The number of aromatic nitrogens is 1. The Bertz CT molecular complexity index is 633. The molecule has 0 atom stereocenters. The lowest BCUT2D eigenvalue weighted by atomic mass is 10.1. The van der Waals surface area contributed by atoms with Crippen LogP contribution < -0.4 is 0 Å². The summed E-state index contributed by atoms with van der Waals surface area (Å²) in [4.78, 5) is 3.31. The van der Waals surface area contributed by atoms with Crippen molar-refractivity contribution in [3.05, 3.63) is 41.1 Å². The number of rotatable bonds is 2. The van der Waals surface area contributed by atoms with Crippen LogP contribution in [0, 0.1) is 0 Å². The summed E-state index contributed by atoms with van der Waals surface area (Å²) in [6.45, 7) is 0. The van der Waals surface area contributed by atoms with Crippen LogP contribution in [0.2, 0.25) is 0 Å². The minimum atomic E-state index is -4.71. The van der Waals surface area contributed by atoms with Gasteiger partial charge < -0.3 is 0 Å². The number of pyridine rings is 1. The number of hydrogen-bond acceptors (Lipinski definition) is 1. The highest BCUT2D eigenvalue weighted by Crippen LogP contribution is 2.35. The second-order valence-corrected chi connectivity index (χ2v) is 3.97. The van der Waals surface area contributed by atoms with Gasteiger partial charge in [-0.05, 0) is 18.2 Å². The van der Waals surface area contributed by atoms with Crippen LogP contribution in [0.25, 0.3) is 10.9 Å². The topological polar surface area (TPSA) is 12.9 Å². The Balaban J connectivity index is 2.74. The van der Waals surface area contributed by atoms with Crippen LogP contribution in [-0.4, -0.2) is 4.98 Å². The van der Waals surface area contributed by atoms with Crippen molar-refractivity contribution < 1.29 is 30.7 Å². The lowest BCUT2D eigenvalue weighted by Crippen LogP contribution is -2.05. The Morgan fingerprint density at radius 1 is 0.900 bits per heavy atom. The third kappa shape index (κ3) is 2.68. The highest BCUT2D eigenvalue weighted by Gasteiger charge is 2.31. The maximum Gasteiger partial charge on any atom is 0.416 e. The van der Waals surface area contributed by atoms with E-state index in [9.17, 15) is 30.7 Å². The number of benzene rings is 1. The molecule has 0 bridgehead atoms. The number of nitrogens with zero attached hydrogens (tertiary/aromatic N) is 1. The van der Waals surface area contributed by atoms with Gasteiger partial charge >= 0.3 is 6.18 Å². The SMILES string of the molecule is FC(F)c1cc(C(F)F)c2ccc(C(F)(F)F)cc2n1. The Morgan fingerprint density at radius 3 is 2.05 bits per heavy atom. The van der Waals surface area contributed by atoms with E-state index in [0.29, 0.717) is 18.2 Å². The molecule has 0 aliphatic rings. The van der Waals surface area contributed by atoms with Crippen molar-refractivity contribution in [2.24, 2.45) is 0 Å². The Morgan fingerprint density at radius 2 is 1.55 bits per heavy atom. The molecule has 0 fully saturated rings. The van der Waals surface area contributed by atoms with Crippen molar-refractivity contribution in [3.8, 4) is 0 Å². The van der Waals surface area contributed by atoms with Crippen molar-refractivity contribution >= 4 is 10.9 Å². The summed E-state index contributed by atoms with van der Waals surface area (Å²) in [5, 5.41) is -0.280. The summed E-state index contributed by atoms with van der Waals surface area (Å²) >= 11 is 0. The van der Waals surface area contributed by atoms with E-state index in [-0.39, 0.29) is 5.39 Å². The molecule has 1 heterocycles. The molecule has 1 nitrogen and oxygen atoms in total. The second kappa shape index (κ2) is 4.92. The van der Waals surface area contributed by atoms with Gasteiger partial charge in [0.1, 0.15) is 5.69 Å². The zero-order valence-electron chi connectivity index (χ0n) is 9.56. The Labute approximate surface area is 108 Å². The molecule has 20 heavy (non-hydrogen) atoms. The van der Waals surface area contributed by atoms with Gasteiger partial charge in [-0.15, -0.1) is 0 Å². The highest BCUT2D eigenvalue weighted by atomic mass is 19.4. The van der Waals surface area contributed by atoms with Crippen LogP contribution in [0.1, 0.15) is 29.7 Å². The largest absolute Gasteiger partial charge is 0.416 e. The summed E-state index contributed by atoms with van der Waals surface area (Å²) in [6, 6.07) is 2.40. The van der Waals surface area contributed by atoms with Crippen molar-refractivity contribution in [2.75, 3.05) is 0 Å². The first-order valence-corrected chi connectivity index (χ1v) is 5.28. The molecule has 2 rings (SSSR count). The molecule has 0 saturated heterocycles. The fraction of sp³-hybridized carbons (Fsp3) is 0.250. The van der Waals surface area contributed by atoms with Gasteiger partial charge in [0.05, 0.1) is 11.1 Å². The van der Waals surface area contributed by atoms with Gasteiger partial charge in [-0.2, -0.15) is 13.2 Å². The standard InChI is InChI=1S/C12H6F7N/c13-10(14)7-4-9(11(15)16)20-8-3-5(12(17,18)19)1-2-6(7)8/h1-4,10-11H. The molecule has 0 spiro atoms. The lowest BCUT2D eigenvalue weighted by Gasteiger charge is -2.11. The van der Waals surface area contributed by atoms with E-state index in [4.69, 9.17) is 0 Å². The van der Waals surface area contributed by atoms with Gasteiger partial charge in [-0.1, -0.05) is 6.07 Å². The highest BCUT2D eigenvalue weighted by molar-refractivity contribution is 5.83. The van der Waals surface area contributed by atoms with E-state index in [1.807, 2.05) is 0 Å². The van der Waals surface area contributed by atoms with Gasteiger partial charge in [0.25, 0.3) is 12.9 Å². The molecule has 0 radical (unpaired) electrons. The summed E-state index contributed by atoms with van der Waals surface area (Å²) in [7, 11) is 0. The van der Waals surface area contributed by atoms with Gasteiger partial charge in [0, 0.05) is 10.9 Å². The zero-order valence-corrected chi connectivity index (χ0v) is 9.56. The van der Waals surface area contributed by atoms with E-state index < -0.39 is 41.4 Å². The van der Waals surface area contributed by atoms with E-state index in [1.165, 1.54) is 0 Å². The Kier molecular flexibility index (Phi) is 3.58. The number of hydrogen-bond donors (Lipinski definition) is 0. The van der Waals surface area contributed by atoms with Crippen LogP contribution >= 0.6 is 0 Å². The maximum atomic E-state index is 12.8. The van der Waals surface area contributed by atoms with Crippen molar-refractivity contribution in [1.29, 1.82) is 0 Å². The predicted molar refractivity (Wildman–Crippen MR) is 56.7 cm³/mol. The monoisotopic (exact) mass is 297 g/mol. The summed E-state index contributed by atoms with van der Waals surface area (Å²) in [5.74, 6) is 0. The summed E-state index contributed by atoms with van der Waals surface area (Å²) in [6.07, 6.45) is -10.9. The molecule has 0 N–H and O–H groups in total. The first-order chi connectivity index (χ1) is 9.20. The molecule has 0 amide bonds.